The monoisotopic (exact) mass is 297 g/mol. The summed E-state index contributed by atoms with van der Waals surface area (Å²) in [5, 5.41) is 14.8. The summed E-state index contributed by atoms with van der Waals surface area (Å²) in [6.07, 6.45) is 9.19. The van der Waals surface area contributed by atoms with Gasteiger partial charge in [-0.2, -0.15) is 0 Å². The molecule has 2 fully saturated rings. The van der Waals surface area contributed by atoms with Crippen LogP contribution in [0.5, 0.6) is 0 Å². The van der Waals surface area contributed by atoms with Gasteiger partial charge in [-0.05, 0) is 45.4 Å². The second kappa shape index (κ2) is 8.59. The summed E-state index contributed by atoms with van der Waals surface area (Å²) >= 11 is 0. The molecule has 5 nitrogen and oxygen atoms in total. The van der Waals surface area contributed by atoms with Gasteiger partial charge in [-0.3, -0.25) is 0 Å². The second-order valence-electron chi connectivity index (χ2n) is 6.63. The van der Waals surface area contributed by atoms with Crippen LogP contribution in [0.4, 0.5) is 4.79 Å². The molecule has 122 valence electrons. The van der Waals surface area contributed by atoms with E-state index in [2.05, 4.69) is 15.5 Å². The summed E-state index contributed by atoms with van der Waals surface area (Å²) in [4.78, 5) is 14.5. The number of hydrogen-bond acceptors (Lipinski definition) is 3. The lowest BCUT2D eigenvalue weighted by atomic mass is 10.0. The maximum Gasteiger partial charge on any atom is 0.315 e. The van der Waals surface area contributed by atoms with Gasteiger partial charge in [-0.1, -0.05) is 12.8 Å². The van der Waals surface area contributed by atoms with Crippen LogP contribution < -0.4 is 10.6 Å². The van der Waals surface area contributed by atoms with Gasteiger partial charge in [-0.15, -0.1) is 0 Å². The van der Waals surface area contributed by atoms with Crippen molar-refractivity contribution in [3.05, 3.63) is 0 Å². The SMILES string of the molecule is CC(CCCO)NC(=O)NC1CCN(C2CCCC2)CC1. The van der Waals surface area contributed by atoms with Crippen LogP contribution in [0.25, 0.3) is 0 Å². The smallest absolute Gasteiger partial charge is 0.315 e. The van der Waals surface area contributed by atoms with Crippen molar-refractivity contribution in [2.24, 2.45) is 0 Å². The van der Waals surface area contributed by atoms with Crippen molar-refractivity contribution in [3.8, 4) is 0 Å². The molecular formula is C16H31N3O2. The van der Waals surface area contributed by atoms with Crippen molar-refractivity contribution >= 4 is 6.03 Å². The minimum atomic E-state index is -0.0558. The number of piperidine rings is 1. The Morgan fingerprint density at radius 2 is 1.90 bits per heavy atom. The van der Waals surface area contributed by atoms with Gasteiger partial charge in [0.05, 0.1) is 0 Å². The Hall–Kier alpha value is -0.810. The molecule has 1 atom stereocenters. The molecule has 5 heteroatoms. The fourth-order valence-electron chi connectivity index (χ4n) is 3.60. The molecule has 2 aliphatic rings. The first kappa shape index (κ1) is 16.6. The van der Waals surface area contributed by atoms with E-state index < -0.39 is 0 Å². The van der Waals surface area contributed by atoms with Gasteiger partial charge in [-0.25, -0.2) is 4.79 Å². The summed E-state index contributed by atoms with van der Waals surface area (Å²) in [5.74, 6) is 0. The first-order valence-electron chi connectivity index (χ1n) is 8.61. The molecule has 0 radical (unpaired) electrons. The molecular weight excluding hydrogens is 266 g/mol. The highest BCUT2D eigenvalue weighted by atomic mass is 16.3. The van der Waals surface area contributed by atoms with E-state index in [1.165, 1.54) is 25.7 Å². The van der Waals surface area contributed by atoms with Crippen LogP contribution in [0.2, 0.25) is 0 Å². The standard InChI is InChI=1S/C16H31N3O2/c1-13(5-4-12-20)17-16(21)18-14-8-10-19(11-9-14)15-6-2-3-7-15/h13-15,20H,2-12H2,1H3,(H2,17,18,21). The van der Waals surface area contributed by atoms with E-state index in [-0.39, 0.29) is 18.7 Å². The van der Waals surface area contributed by atoms with E-state index in [9.17, 15) is 4.79 Å². The van der Waals surface area contributed by atoms with Crippen molar-refractivity contribution in [1.82, 2.24) is 15.5 Å². The molecule has 1 aliphatic carbocycles. The molecule has 0 aromatic heterocycles. The molecule has 2 rings (SSSR count). The number of aliphatic hydroxyl groups excluding tert-OH is 1. The zero-order chi connectivity index (χ0) is 15.1. The number of aliphatic hydroxyl groups is 1. The van der Waals surface area contributed by atoms with E-state index >= 15 is 0 Å². The highest BCUT2D eigenvalue weighted by Gasteiger charge is 2.27. The van der Waals surface area contributed by atoms with E-state index in [1.807, 2.05) is 6.92 Å². The fraction of sp³-hybridized carbons (Fsp3) is 0.938. The predicted octanol–water partition coefficient (Wildman–Crippen LogP) is 1.85. The number of carbonyl (C=O) groups is 1. The molecule has 0 aromatic rings. The zero-order valence-electron chi connectivity index (χ0n) is 13.3. The molecule has 21 heavy (non-hydrogen) atoms. The van der Waals surface area contributed by atoms with Gasteiger partial charge in [0.2, 0.25) is 0 Å². The lowest BCUT2D eigenvalue weighted by Crippen LogP contribution is -2.51. The first-order valence-corrected chi connectivity index (χ1v) is 8.61. The van der Waals surface area contributed by atoms with E-state index in [4.69, 9.17) is 5.11 Å². The number of hydrogen-bond donors (Lipinski definition) is 3. The third-order valence-corrected chi connectivity index (χ3v) is 4.88. The Morgan fingerprint density at radius 1 is 1.24 bits per heavy atom. The molecule has 0 aromatic carbocycles. The van der Waals surface area contributed by atoms with E-state index in [0.717, 1.165) is 44.8 Å². The van der Waals surface area contributed by atoms with Gasteiger partial charge in [0.1, 0.15) is 0 Å². The maximum absolute atomic E-state index is 11.9. The molecule has 1 saturated carbocycles. The molecule has 1 heterocycles. The molecule has 3 N–H and O–H groups in total. The van der Waals surface area contributed by atoms with Crippen molar-refractivity contribution in [3.63, 3.8) is 0 Å². The van der Waals surface area contributed by atoms with Gasteiger partial charge >= 0.3 is 6.03 Å². The summed E-state index contributed by atoms with van der Waals surface area (Å²) < 4.78 is 0. The molecule has 0 spiro atoms. The molecule has 1 aliphatic heterocycles. The number of rotatable bonds is 6. The Labute approximate surface area is 128 Å². The molecule has 0 bridgehead atoms. The number of likely N-dealkylation sites (tertiary alicyclic amines) is 1. The summed E-state index contributed by atoms with van der Waals surface area (Å²) in [6.45, 7) is 4.41. The normalized spacial score (nSPS) is 23.1. The third kappa shape index (κ3) is 5.47. The van der Waals surface area contributed by atoms with Crippen LogP contribution in [-0.4, -0.2) is 53.9 Å². The fourth-order valence-corrected chi connectivity index (χ4v) is 3.60. The highest BCUT2D eigenvalue weighted by molar-refractivity contribution is 5.74. The Morgan fingerprint density at radius 3 is 2.52 bits per heavy atom. The molecule has 1 saturated heterocycles. The first-order chi connectivity index (χ1) is 10.2. The van der Waals surface area contributed by atoms with E-state index in [0.29, 0.717) is 6.04 Å². The van der Waals surface area contributed by atoms with Crippen LogP contribution in [0.1, 0.15) is 58.3 Å². The Balaban J connectivity index is 1.62. The number of nitrogens with zero attached hydrogens (tertiary/aromatic N) is 1. The maximum atomic E-state index is 11.9. The average Bonchev–Trinajstić information content (AvgIpc) is 3.00. The minimum absolute atomic E-state index is 0.0558. The lowest BCUT2D eigenvalue weighted by Gasteiger charge is -2.36. The van der Waals surface area contributed by atoms with Gasteiger partial charge < -0.3 is 20.6 Å². The number of urea groups is 1. The molecule has 1 unspecified atom stereocenters. The van der Waals surface area contributed by atoms with Gasteiger partial charge in [0, 0.05) is 37.8 Å². The Bertz CT molecular complexity index is 311. The van der Waals surface area contributed by atoms with Crippen LogP contribution in [0.3, 0.4) is 0 Å². The molecule has 2 amide bonds. The van der Waals surface area contributed by atoms with Gasteiger partial charge in [0.25, 0.3) is 0 Å². The highest BCUT2D eigenvalue weighted by Crippen LogP contribution is 2.26. The quantitative estimate of drug-likeness (QED) is 0.701. The largest absolute Gasteiger partial charge is 0.396 e. The summed E-state index contributed by atoms with van der Waals surface area (Å²) in [6, 6.07) is 1.18. The van der Waals surface area contributed by atoms with Crippen molar-refractivity contribution < 1.29 is 9.90 Å². The van der Waals surface area contributed by atoms with Gasteiger partial charge in [0.15, 0.2) is 0 Å². The minimum Gasteiger partial charge on any atom is -0.396 e. The predicted molar refractivity (Wildman–Crippen MR) is 84.3 cm³/mol. The zero-order valence-corrected chi connectivity index (χ0v) is 13.3. The Kier molecular flexibility index (Phi) is 6.77. The lowest BCUT2D eigenvalue weighted by molar-refractivity contribution is 0.145. The van der Waals surface area contributed by atoms with Crippen molar-refractivity contribution in [2.75, 3.05) is 19.7 Å². The van der Waals surface area contributed by atoms with Crippen LogP contribution in [0.15, 0.2) is 0 Å². The van der Waals surface area contributed by atoms with Crippen LogP contribution in [-0.2, 0) is 0 Å². The number of carbonyl (C=O) groups excluding carboxylic acids is 1. The average molecular weight is 297 g/mol. The summed E-state index contributed by atoms with van der Waals surface area (Å²) in [5.41, 5.74) is 0. The third-order valence-electron chi connectivity index (χ3n) is 4.88. The van der Waals surface area contributed by atoms with Crippen LogP contribution in [0, 0.1) is 0 Å². The van der Waals surface area contributed by atoms with E-state index in [1.54, 1.807) is 0 Å². The number of amides is 2. The van der Waals surface area contributed by atoms with Crippen LogP contribution >= 0.6 is 0 Å². The van der Waals surface area contributed by atoms with Crippen molar-refractivity contribution in [1.29, 1.82) is 0 Å². The van der Waals surface area contributed by atoms with Crippen molar-refractivity contribution in [2.45, 2.75) is 76.4 Å². The topological polar surface area (TPSA) is 64.6 Å². The second-order valence-corrected chi connectivity index (χ2v) is 6.63. The number of nitrogens with one attached hydrogen (secondary N) is 2. The summed E-state index contributed by atoms with van der Waals surface area (Å²) in [7, 11) is 0.